The largest absolute Gasteiger partial charge is 0.313 e. The number of nitrogens with zero attached hydrogens (tertiary/aromatic N) is 2. The topological polar surface area (TPSA) is 29.9 Å². The van der Waals surface area contributed by atoms with E-state index < -0.39 is 0 Å². The average molecular weight is 214 g/mol. The van der Waals surface area contributed by atoms with Crippen molar-refractivity contribution in [2.24, 2.45) is 7.05 Å². The summed E-state index contributed by atoms with van der Waals surface area (Å²) < 4.78 is 1.93. The summed E-state index contributed by atoms with van der Waals surface area (Å²) in [5, 5.41) is 7.75. The zero-order valence-electron chi connectivity index (χ0n) is 8.58. The lowest BCUT2D eigenvalue weighted by Crippen LogP contribution is -2.20. The number of rotatable bonds is 1. The SMILES string of the molecule is Cc1cc(C2=CCNCC2)nn1C.Cl. The third kappa shape index (κ3) is 2.16. The standard InChI is InChI=1S/C10H15N3.ClH/c1-8-7-10(12-13(8)2)9-3-5-11-6-4-9;/h3,7,11H,4-6H2,1-2H3;1H. The molecule has 0 fully saturated rings. The number of hydrogen-bond acceptors (Lipinski definition) is 2. The molecule has 0 saturated carbocycles. The molecule has 2 heterocycles. The van der Waals surface area contributed by atoms with E-state index in [1.54, 1.807) is 0 Å². The number of aryl methyl sites for hydroxylation is 2. The fourth-order valence-corrected chi connectivity index (χ4v) is 1.57. The van der Waals surface area contributed by atoms with Gasteiger partial charge in [0.2, 0.25) is 0 Å². The Bertz CT molecular complexity index is 322. The van der Waals surface area contributed by atoms with Crippen LogP contribution >= 0.6 is 12.4 Å². The van der Waals surface area contributed by atoms with Crippen molar-refractivity contribution in [2.45, 2.75) is 13.3 Å². The molecule has 4 heteroatoms. The highest BCUT2D eigenvalue weighted by atomic mass is 35.5. The molecule has 0 saturated heterocycles. The lowest BCUT2D eigenvalue weighted by atomic mass is 10.1. The maximum absolute atomic E-state index is 4.45. The maximum atomic E-state index is 4.45. The van der Waals surface area contributed by atoms with Gasteiger partial charge in [-0.05, 0) is 31.5 Å². The van der Waals surface area contributed by atoms with E-state index in [1.807, 2.05) is 11.7 Å². The van der Waals surface area contributed by atoms with E-state index in [0.717, 1.165) is 25.2 Å². The number of halogens is 1. The van der Waals surface area contributed by atoms with Gasteiger partial charge in [-0.15, -0.1) is 12.4 Å². The Hall–Kier alpha value is -0.800. The van der Waals surface area contributed by atoms with Crippen LogP contribution in [0.2, 0.25) is 0 Å². The van der Waals surface area contributed by atoms with Gasteiger partial charge in [-0.3, -0.25) is 4.68 Å². The Morgan fingerprint density at radius 1 is 1.50 bits per heavy atom. The number of hydrogen-bond donors (Lipinski definition) is 1. The number of nitrogens with one attached hydrogen (secondary N) is 1. The van der Waals surface area contributed by atoms with E-state index in [9.17, 15) is 0 Å². The molecule has 0 aliphatic carbocycles. The molecular formula is C10H16ClN3. The Kier molecular flexibility index (Phi) is 3.72. The van der Waals surface area contributed by atoms with E-state index in [0.29, 0.717) is 0 Å². The van der Waals surface area contributed by atoms with Crippen molar-refractivity contribution >= 4 is 18.0 Å². The van der Waals surface area contributed by atoms with Crippen LogP contribution in [0.3, 0.4) is 0 Å². The quantitative estimate of drug-likeness (QED) is 0.767. The molecular weight excluding hydrogens is 198 g/mol. The zero-order valence-corrected chi connectivity index (χ0v) is 9.40. The molecule has 0 atom stereocenters. The molecule has 14 heavy (non-hydrogen) atoms. The first-order valence-electron chi connectivity index (χ1n) is 4.68. The Morgan fingerprint density at radius 2 is 2.29 bits per heavy atom. The number of aromatic nitrogens is 2. The molecule has 1 aromatic heterocycles. The molecule has 1 aliphatic rings. The van der Waals surface area contributed by atoms with Crippen LogP contribution in [0, 0.1) is 6.92 Å². The molecule has 3 nitrogen and oxygen atoms in total. The molecule has 0 unspecified atom stereocenters. The Morgan fingerprint density at radius 3 is 2.79 bits per heavy atom. The van der Waals surface area contributed by atoms with Gasteiger partial charge in [-0.2, -0.15) is 5.10 Å². The fraction of sp³-hybridized carbons (Fsp3) is 0.500. The van der Waals surface area contributed by atoms with E-state index in [2.05, 4.69) is 29.5 Å². The predicted molar refractivity (Wildman–Crippen MR) is 60.7 cm³/mol. The molecule has 0 bridgehead atoms. The van der Waals surface area contributed by atoms with Gasteiger partial charge in [0.25, 0.3) is 0 Å². The lowest BCUT2D eigenvalue weighted by molar-refractivity contribution is 0.718. The van der Waals surface area contributed by atoms with Crippen LogP contribution in [-0.2, 0) is 7.05 Å². The summed E-state index contributed by atoms with van der Waals surface area (Å²) >= 11 is 0. The highest BCUT2D eigenvalue weighted by Gasteiger charge is 2.09. The van der Waals surface area contributed by atoms with Crippen LogP contribution in [-0.4, -0.2) is 22.9 Å². The van der Waals surface area contributed by atoms with Crippen LogP contribution in [0.1, 0.15) is 17.8 Å². The summed E-state index contributed by atoms with van der Waals surface area (Å²) in [6, 6.07) is 2.15. The van der Waals surface area contributed by atoms with E-state index in [-0.39, 0.29) is 12.4 Å². The summed E-state index contributed by atoms with van der Waals surface area (Å²) in [6.07, 6.45) is 3.32. The molecule has 0 spiro atoms. The molecule has 0 aromatic carbocycles. The molecule has 1 N–H and O–H groups in total. The van der Waals surface area contributed by atoms with Crippen molar-refractivity contribution in [1.29, 1.82) is 0 Å². The van der Waals surface area contributed by atoms with E-state index >= 15 is 0 Å². The molecule has 1 aromatic rings. The zero-order chi connectivity index (χ0) is 9.26. The first-order valence-corrected chi connectivity index (χ1v) is 4.68. The second-order valence-electron chi connectivity index (χ2n) is 3.48. The van der Waals surface area contributed by atoms with Gasteiger partial charge in [0.05, 0.1) is 5.69 Å². The summed E-state index contributed by atoms with van der Waals surface area (Å²) in [5.41, 5.74) is 3.73. The van der Waals surface area contributed by atoms with E-state index in [4.69, 9.17) is 0 Å². The normalized spacial score (nSPS) is 16.0. The van der Waals surface area contributed by atoms with Crippen LogP contribution < -0.4 is 5.32 Å². The van der Waals surface area contributed by atoms with Gasteiger partial charge in [-0.1, -0.05) is 6.08 Å². The summed E-state index contributed by atoms with van der Waals surface area (Å²) in [4.78, 5) is 0. The van der Waals surface area contributed by atoms with Crippen LogP contribution in [0.5, 0.6) is 0 Å². The van der Waals surface area contributed by atoms with Crippen molar-refractivity contribution in [3.8, 4) is 0 Å². The molecule has 0 amide bonds. The molecule has 1 aliphatic heterocycles. The van der Waals surface area contributed by atoms with Crippen LogP contribution in [0.25, 0.3) is 5.57 Å². The lowest BCUT2D eigenvalue weighted by Gasteiger charge is -2.11. The van der Waals surface area contributed by atoms with Crippen LogP contribution in [0.15, 0.2) is 12.1 Å². The van der Waals surface area contributed by atoms with Crippen molar-refractivity contribution < 1.29 is 0 Å². The third-order valence-electron chi connectivity index (χ3n) is 2.51. The fourth-order valence-electron chi connectivity index (χ4n) is 1.57. The summed E-state index contributed by atoms with van der Waals surface area (Å²) in [5.74, 6) is 0. The first kappa shape index (κ1) is 11.3. The van der Waals surface area contributed by atoms with Crippen LogP contribution in [0.4, 0.5) is 0 Å². The molecule has 0 radical (unpaired) electrons. The second-order valence-corrected chi connectivity index (χ2v) is 3.48. The highest BCUT2D eigenvalue weighted by Crippen LogP contribution is 2.18. The van der Waals surface area contributed by atoms with Gasteiger partial charge < -0.3 is 5.32 Å². The van der Waals surface area contributed by atoms with Crippen molar-refractivity contribution in [2.75, 3.05) is 13.1 Å². The monoisotopic (exact) mass is 213 g/mol. The van der Waals surface area contributed by atoms with Gasteiger partial charge in [0.1, 0.15) is 0 Å². The second kappa shape index (κ2) is 4.62. The summed E-state index contributed by atoms with van der Waals surface area (Å²) in [7, 11) is 1.99. The summed E-state index contributed by atoms with van der Waals surface area (Å²) in [6.45, 7) is 4.13. The smallest absolute Gasteiger partial charge is 0.0883 e. The molecule has 2 rings (SSSR count). The van der Waals surface area contributed by atoms with Crippen molar-refractivity contribution in [3.63, 3.8) is 0 Å². The van der Waals surface area contributed by atoms with Crippen molar-refractivity contribution in [1.82, 2.24) is 15.1 Å². The van der Waals surface area contributed by atoms with Gasteiger partial charge in [0, 0.05) is 19.3 Å². The minimum absolute atomic E-state index is 0. The third-order valence-corrected chi connectivity index (χ3v) is 2.51. The minimum Gasteiger partial charge on any atom is -0.313 e. The van der Waals surface area contributed by atoms with Gasteiger partial charge in [-0.25, -0.2) is 0 Å². The van der Waals surface area contributed by atoms with Gasteiger partial charge in [0.15, 0.2) is 0 Å². The maximum Gasteiger partial charge on any atom is 0.0883 e. The molecule has 78 valence electrons. The minimum atomic E-state index is 0. The predicted octanol–water partition coefficient (Wildman–Crippen LogP) is 1.53. The Balaban J connectivity index is 0.000000980. The highest BCUT2D eigenvalue weighted by molar-refractivity contribution is 5.85. The Labute approximate surface area is 90.6 Å². The van der Waals surface area contributed by atoms with Gasteiger partial charge >= 0.3 is 0 Å². The van der Waals surface area contributed by atoms with E-state index in [1.165, 1.54) is 11.3 Å². The first-order chi connectivity index (χ1) is 6.27. The van der Waals surface area contributed by atoms with Crippen molar-refractivity contribution in [3.05, 3.63) is 23.5 Å². The average Bonchev–Trinajstić information content (AvgIpc) is 2.49.